The highest BCUT2D eigenvalue weighted by Crippen LogP contribution is 2.12. The van der Waals surface area contributed by atoms with Crippen LogP contribution in [0.25, 0.3) is 0 Å². The smallest absolute Gasteiger partial charge is 0.225 e. The zero-order chi connectivity index (χ0) is 12.8. The molecular weight excluding hydrogens is 230 g/mol. The molecule has 1 atom stereocenters. The van der Waals surface area contributed by atoms with Crippen molar-refractivity contribution in [1.29, 1.82) is 0 Å². The molecule has 1 saturated heterocycles. The second-order valence-corrected chi connectivity index (χ2v) is 4.49. The third-order valence-electron chi connectivity index (χ3n) is 3.16. The summed E-state index contributed by atoms with van der Waals surface area (Å²) in [4.78, 5) is 17.9. The SMILES string of the molecule is COC1CCN(CCC(=O)Nc2cccnc2)C1. The van der Waals surface area contributed by atoms with Gasteiger partial charge >= 0.3 is 0 Å². The molecule has 2 rings (SSSR count). The Morgan fingerprint density at radius 2 is 2.56 bits per heavy atom. The van der Waals surface area contributed by atoms with Crippen LogP contribution in [-0.2, 0) is 9.53 Å². The molecule has 0 saturated carbocycles. The summed E-state index contributed by atoms with van der Waals surface area (Å²) >= 11 is 0. The van der Waals surface area contributed by atoms with Gasteiger partial charge in [0.15, 0.2) is 0 Å². The molecule has 2 heterocycles. The van der Waals surface area contributed by atoms with Gasteiger partial charge in [-0.3, -0.25) is 9.78 Å². The first-order chi connectivity index (χ1) is 8.78. The second-order valence-electron chi connectivity index (χ2n) is 4.49. The lowest BCUT2D eigenvalue weighted by atomic mass is 10.3. The van der Waals surface area contributed by atoms with Crippen LogP contribution in [0.2, 0.25) is 0 Å². The van der Waals surface area contributed by atoms with Gasteiger partial charge < -0.3 is 15.0 Å². The molecule has 1 aliphatic rings. The van der Waals surface area contributed by atoms with E-state index in [0.29, 0.717) is 12.5 Å². The fourth-order valence-corrected chi connectivity index (χ4v) is 2.11. The van der Waals surface area contributed by atoms with E-state index < -0.39 is 0 Å². The number of pyridine rings is 1. The number of nitrogens with zero attached hydrogens (tertiary/aromatic N) is 2. The third-order valence-corrected chi connectivity index (χ3v) is 3.16. The van der Waals surface area contributed by atoms with Crippen molar-refractivity contribution < 1.29 is 9.53 Å². The van der Waals surface area contributed by atoms with E-state index in [-0.39, 0.29) is 5.91 Å². The lowest BCUT2D eigenvalue weighted by molar-refractivity contribution is -0.116. The molecule has 5 heteroatoms. The molecule has 0 aromatic carbocycles. The Morgan fingerprint density at radius 3 is 3.22 bits per heavy atom. The number of nitrogens with one attached hydrogen (secondary N) is 1. The van der Waals surface area contributed by atoms with E-state index in [1.807, 2.05) is 6.07 Å². The van der Waals surface area contributed by atoms with Crippen molar-refractivity contribution in [2.45, 2.75) is 18.9 Å². The summed E-state index contributed by atoms with van der Waals surface area (Å²) < 4.78 is 5.29. The first kappa shape index (κ1) is 13.0. The number of amides is 1. The molecule has 18 heavy (non-hydrogen) atoms. The van der Waals surface area contributed by atoms with Crippen LogP contribution in [0.5, 0.6) is 0 Å². The summed E-state index contributed by atoms with van der Waals surface area (Å²) in [6.45, 7) is 2.72. The van der Waals surface area contributed by atoms with Crippen LogP contribution in [0.3, 0.4) is 0 Å². The van der Waals surface area contributed by atoms with Gasteiger partial charge in [-0.2, -0.15) is 0 Å². The van der Waals surface area contributed by atoms with Crippen molar-refractivity contribution in [3.63, 3.8) is 0 Å². The van der Waals surface area contributed by atoms with Crippen LogP contribution in [0, 0.1) is 0 Å². The van der Waals surface area contributed by atoms with Crippen molar-refractivity contribution in [1.82, 2.24) is 9.88 Å². The monoisotopic (exact) mass is 249 g/mol. The number of rotatable bonds is 5. The van der Waals surface area contributed by atoms with Gasteiger partial charge in [0.1, 0.15) is 0 Å². The molecule has 0 spiro atoms. The molecule has 5 nitrogen and oxygen atoms in total. The van der Waals surface area contributed by atoms with Crippen molar-refractivity contribution in [3.8, 4) is 0 Å². The molecule has 1 N–H and O–H groups in total. The van der Waals surface area contributed by atoms with E-state index in [1.165, 1.54) is 0 Å². The molecule has 0 bridgehead atoms. The lowest BCUT2D eigenvalue weighted by Gasteiger charge is -2.15. The van der Waals surface area contributed by atoms with Gasteiger partial charge in [-0.1, -0.05) is 0 Å². The molecule has 1 unspecified atom stereocenters. The van der Waals surface area contributed by atoms with Crippen LogP contribution < -0.4 is 5.32 Å². The van der Waals surface area contributed by atoms with Gasteiger partial charge in [-0.25, -0.2) is 0 Å². The highest BCUT2D eigenvalue weighted by Gasteiger charge is 2.21. The molecule has 98 valence electrons. The Bertz CT molecular complexity index is 383. The van der Waals surface area contributed by atoms with Crippen LogP contribution in [0.1, 0.15) is 12.8 Å². The Labute approximate surface area is 107 Å². The van der Waals surface area contributed by atoms with Gasteiger partial charge in [-0.15, -0.1) is 0 Å². The van der Waals surface area contributed by atoms with Crippen molar-refractivity contribution in [2.24, 2.45) is 0 Å². The highest BCUT2D eigenvalue weighted by molar-refractivity contribution is 5.90. The zero-order valence-corrected chi connectivity index (χ0v) is 10.6. The molecule has 1 fully saturated rings. The molecule has 0 aliphatic carbocycles. The minimum absolute atomic E-state index is 0.0314. The number of carbonyl (C=O) groups is 1. The average Bonchev–Trinajstić information content (AvgIpc) is 2.85. The lowest BCUT2D eigenvalue weighted by Crippen LogP contribution is -2.27. The normalized spacial score (nSPS) is 19.9. The predicted molar refractivity (Wildman–Crippen MR) is 69.3 cm³/mol. The molecule has 1 aromatic rings. The molecule has 1 aromatic heterocycles. The minimum Gasteiger partial charge on any atom is -0.380 e. The van der Waals surface area contributed by atoms with E-state index in [1.54, 1.807) is 25.6 Å². The van der Waals surface area contributed by atoms with E-state index >= 15 is 0 Å². The number of carbonyl (C=O) groups excluding carboxylic acids is 1. The van der Waals surface area contributed by atoms with Gasteiger partial charge in [0.2, 0.25) is 5.91 Å². The summed E-state index contributed by atoms with van der Waals surface area (Å²) in [5.74, 6) is 0.0314. The minimum atomic E-state index is 0.0314. The molecule has 1 aliphatic heterocycles. The maximum Gasteiger partial charge on any atom is 0.225 e. The quantitative estimate of drug-likeness (QED) is 0.850. The van der Waals surface area contributed by atoms with E-state index in [2.05, 4.69) is 15.2 Å². The van der Waals surface area contributed by atoms with Crippen molar-refractivity contribution in [2.75, 3.05) is 32.1 Å². The number of hydrogen-bond acceptors (Lipinski definition) is 4. The maximum atomic E-state index is 11.7. The third kappa shape index (κ3) is 3.78. The number of likely N-dealkylation sites (tertiary alicyclic amines) is 1. The Balaban J connectivity index is 1.69. The standard InChI is InChI=1S/C13H19N3O2/c1-18-12-4-7-16(10-12)8-5-13(17)15-11-3-2-6-14-9-11/h2-3,6,9,12H,4-5,7-8,10H2,1H3,(H,15,17). The van der Waals surface area contributed by atoms with Crippen molar-refractivity contribution >= 4 is 11.6 Å². The average molecular weight is 249 g/mol. The number of anilines is 1. The topological polar surface area (TPSA) is 54.5 Å². The van der Waals surface area contributed by atoms with Crippen molar-refractivity contribution in [3.05, 3.63) is 24.5 Å². The predicted octanol–water partition coefficient (Wildman–Crippen LogP) is 1.13. The van der Waals surface area contributed by atoms with Crippen LogP contribution in [-0.4, -0.2) is 48.6 Å². The van der Waals surface area contributed by atoms with Gasteiger partial charge in [0, 0.05) is 39.4 Å². The molecular formula is C13H19N3O2. The number of hydrogen-bond donors (Lipinski definition) is 1. The largest absolute Gasteiger partial charge is 0.380 e. The van der Waals surface area contributed by atoms with Gasteiger partial charge in [0.25, 0.3) is 0 Å². The first-order valence-electron chi connectivity index (χ1n) is 6.23. The molecule has 1 amide bonds. The summed E-state index contributed by atoms with van der Waals surface area (Å²) in [6.07, 6.45) is 5.22. The second kappa shape index (κ2) is 6.47. The number of ether oxygens (including phenoxy) is 1. The van der Waals surface area contributed by atoms with E-state index in [0.717, 1.165) is 31.7 Å². The fourth-order valence-electron chi connectivity index (χ4n) is 2.11. The van der Waals surface area contributed by atoms with E-state index in [9.17, 15) is 4.79 Å². The number of methoxy groups -OCH3 is 1. The fraction of sp³-hybridized carbons (Fsp3) is 0.538. The van der Waals surface area contributed by atoms with Crippen LogP contribution in [0.15, 0.2) is 24.5 Å². The summed E-state index contributed by atoms with van der Waals surface area (Å²) in [5, 5.41) is 2.83. The summed E-state index contributed by atoms with van der Waals surface area (Å²) in [5.41, 5.74) is 0.749. The zero-order valence-electron chi connectivity index (χ0n) is 10.6. The van der Waals surface area contributed by atoms with Gasteiger partial charge in [0.05, 0.1) is 18.0 Å². The van der Waals surface area contributed by atoms with Crippen LogP contribution >= 0.6 is 0 Å². The Hall–Kier alpha value is -1.46. The summed E-state index contributed by atoms with van der Waals surface area (Å²) in [6, 6.07) is 3.64. The Kier molecular flexibility index (Phi) is 4.66. The maximum absolute atomic E-state index is 11.7. The Morgan fingerprint density at radius 1 is 1.67 bits per heavy atom. The number of aromatic nitrogens is 1. The van der Waals surface area contributed by atoms with Gasteiger partial charge in [-0.05, 0) is 18.6 Å². The summed E-state index contributed by atoms with van der Waals surface area (Å²) in [7, 11) is 1.74. The van der Waals surface area contributed by atoms with Crippen LogP contribution in [0.4, 0.5) is 5.69 Å². The molecule has 0 radical (unpaired) electrons. The first-order valence-corrected chi connectivity index (χ1v) is 6.23. The highest BCUT2D eigenvalue weighted by atomic mass is 16.5. The van der Waals surface area contributed by atoms with E-state index in [4.69, 9.17) is 4.74 Å².